The van der Waals surface area contributed by atoms with Gasteiger partial charge >= 0.3 is 11.7 Å². The topological polar surface area (TPSA) is 181 Å². The first-order valence-electron chi connectivity index (χ1n) is 16.6. The van der Waals surface area contributed by atoms with Gasteiger partial charge in [0.05, 0.1) is 18.0 Å². The number of Topliss-reactive ketones (excluding diaryl/α,β-unsaturated/α-hetero) is 1. The molecule has 1 saturated carbocycles. The largest absolute Gasteiger partial charge is 0.465 e. The molecule has 0 bridgehead atoms. The summed E-state index contributed by atoms with van der Waals surface area (Å²) in [6, 6.07) is 0. The number of nitrogens with zero attached hydrogens (tertiary/aromatic N) is 3. The van der Waals surface area contributed by atoms with Gasteiger partial charge in [-0.1, -0.05) is 18.0 Å². The van der Waals surface area contributed by atoms with Crippen LogP contribution in [0.5, 0.6) is 0 Å². The van der Waals surface area contributed by atoms with E-state index in [1.165, 1.54) is 12.8 Å². The summed E-state index contributed by atoms with van der Waals surface area (Å²) >= 11 is 17.2. The first-order chi connectivity index (χ1) is 23.1. The lowest BCUT2D eigenvalue weighted by Crippen LogP contribution is -2.29. The molecule has 0 amide bonds. The van der Waals surface area contributed by atoms with E-state index in [0.29, 0.717) is 24.6 Å². The van der Waals surface area contributed by atoms with Crippen molar-refractivity contribution in [2.24, 2.45) is 5.92 Å². The van der Waals surface area contributed by atoms with Crippen molar-refractivity contribution in [1.29, 1.82) is 0 Å². The number of esters is 1. The molecule has 3 N–H and O–H groups in total. The Labute approximate surface area is 292 Å². The number of hydrogen-bond acceptors (Lipinski definition) is 9. The predicted octanol–water partition coefficient (Wildman–Crippen LogP) is 5.22. The Morgan fingerprint density at radius 2 is 1.27 bits per heavy atom. The highest BCUT2D eigenvalue weighted by atomic mass is 35.5. The lowest BCUT2D eigenvalue weighted by atomic mass is 9.88. The van der Waals surface area contributed by atoms with Crippen molar-refractivity contribution in [3.05, 3.63) is 80.7 Å². The van der Waals surface area contributed by atoms with Gasteiger partial charge < -0.3 is 9.72 Å². The van der Waals surface area contributed by atoms with Gasteiger partial charge in [-0.15, -0.1) is 0 Å². The van der Waals surface area contributed by atoms with E-state index in [9.17, 15) is 24.0 Å². The van der Waals surface area contributed by atoms with Crippen LogP contribution in [0.25, 0.3) is 0 Å². The molecule has 0 aromatic carbocycles. The summed E-state index contributed by atoms with van der Waals surface area (Å²) in [7, 11) is 0. The first-order valence-corrected chi connectivity index (χ1v) is 17.7. The fourth-order valence-corrected chi connectivity index (χ4v) is 6.91. The lowest BCUT2D eigenvalue weighted by Gasteiger charge is -2.18. The van der Waals surface area contributed by atoms with Gasteiger partial charge in [0.25, 0.3) is 11.1 Å². The Morgan fingerprint density at radius 3 is 1.96 bits per heavy atom. The number of H-pyrrole nitrogens is 3. The van der Waals surface area contributed by atoms with Crippen molar-refractivity contribution in [2.75, 3.05) is 6.61 Å². The Hall–Kier alpha value is -3.35. The maximum Gasteiger partial charge on any atom is 0.325 e. The summed E-state index contributed by atoms with van der Waals surface area (Å²) in [5.74, 6) is -0.736. The molecular formula is C33H41Cl3N6O6. The first kappa shape index (κ1) is 37.5. The minimum atomic E-state index is -0.460. The number of nitrogens with one attached hydrogen (secondary N) is 3. The maximum absolute atomic E-state index is 11.3. The lowest BCUT2D eigenvalue weighted by molar-refractivity contribution is -0.152. The van der Waals surface area contributed by atoms with Crippen molar-refractivity contribution in [3.63, 3.8) is 0 Å². The molecule has 3 aromatic rings. The van der Waals surface area contributed by atoms with Crippen LogP contribution in [-0.4, -0.2) is 48.3 Å². The molecule has 260 valence electrons. The van der Waals surface area contributed by atoms with Gasteiger partial charge in [0.1, 0.15) is 16.9 Å². The van der Waals surface area contributed by atoms with Crippen LogP contribution < -0.4 is 16.8 Å². The van der Waals surface area contributed by atoms with Crippen LogP contribution in [0.15, 0.2) is 14.4 Å². The van der Waals surface area contributed by atoms with Gasteiger partial charge in [-0.25, -0.2) is 19.7 Å². The summed E-state index contributed by atoms with van der Waals surface area (Å²) in [5, 5.41) is 1.01. The van der Waals surface area contributed by atoms with Gasteiger partial charge in [0.2, 0.25) is 10.6 Å². The summed E-state index contributed by atoms with van der Waals surface area (Å²) in [6.45, 7) is 2.12. The molecule has 3 heterocycles. The molecule has 1 atom stereocenters. The molecule has 1 fully saturated rings. The molecule has 0 aliphatic heterocycles. The highest BCUT2D eigenvalue weighted by Gasteiger charge is 2.29. The van der Waals surface area contributed by atoms with Crippen LogP contribution in [0.4, 0.5) is 0 Å². The van der Waals surface area contributed by atoms with E-state index in [1.807, 2.05) is 0 Å². The fourth-order valence-electron chi connectivity index (χ4n) is 6.21. The van der Waals surface area contributed by atoms with E-state index in [4.69, 9.17) is 39.5 Å². The zero-order valence-corrected chi connectivity index (χ0v) is 29.3. The number of rotatable bonds is 2. The third kappa shape index (κ3) is 10.6. The molecule has 0 saturated heterocycles. The van der Waals surface area contributed by atoms with Crippen LogP contribution in [0.2, 0.25) is 15.7 Å². The average molecular weight is 724 g/mol. The predicted molar refractivity (Wildman–Crippen MR) is 183 cm³/mol. The summed E-state index contributed by atoms with van der Waals surface area (Å²) < 4.78 is 4.79. The van der Waals surface area contributed by atoms with Crippen LogP contribution in [0.3, 0.4) is 0 Å². The average Bonchev–Trinajstić information content (AvgIpc) is 3.06. The Kier molecular flexibility index (Phi) is 14.4. The minimum absolute atomic E-state index is 0.0553. The van der Waals surface area contributed by atoms with Gasteiger partial charge in [0.15, 0.2) is 0 Å². The van der Waals surface area contributed by atoms with Gasteiger partial charge in [-0.3, -0.25) is 29.1 Å². The monoisotopic (exact) mass is 722 g/mol. The summed E-state index contributed by atoms with van der Waals surface area (Å²) in [5.41, 5.74) is 4.76. The number of aryl methyl sites for hydroxylation is 3. The minimum Gasteiger partial charge on any atom is -0.465 e. The number of ketones is 1. The highest BCUT2D eigenvalue weighted by molar-refractivity contribution is 6.32. The van der Waals surface area contributed by atoms with Gasteiger partial charge in [-0.2, -0.15) is 0 Å². The van der Waals surface area contributed by atoms with E-state index in [1.54, 1.807) is 6.92 Å². The van der Waals surface area contributed by atoms with Gasteiger partial charge in [0, 0.05) is 28.8 Å². The van der Waals surface area contributed by atoms with E-state index in [0.717, 1.165) is 111 Å². The molecule has 3 aromatic heterocycles. The molecule has 15 heteroatoms. The van der Waals surface area contributed by atoms with Crippen molar-refractivity contribution in [1.82, 2.24) is 29.9 Å². The molecule has 7 rings (SSSR count). The number of fused-ring (bicyclic) bond motifs is 3. The number of aromatic amines is 3. The highest BCUT2D eigenvalue weighted by Crippen LogP contribution is 2.26. The normalized spacial score (nSPS) is 17.8. The SMILES string of the molecule is CCOC(=O)C1CCCCC1=O.Clc1nc(Cl)c2c(n1)CCCC2.O=c1[nH]c(Cl)nc2c1CCCC2.O=c1[nH]c2c(c(=O)[nH]1)CCCC2. The number of carbonyl (C=O) groups excluding carboxylic acids is 2. The van der Waals surface area contributed by atoms with E-state index in [-0.39, 0.29) is 39.1 Å². The molecule has 0 spiro atoms. The van der Waals surface area contributed by atoms with Crippen LogP contribution in [0.1, 0.15) is 105 Å². The Bertz CT molecular complexity index is 1770. The van der Waals surface area contributed by atoms with Crippen LogP contribution >= 0.6 is 34.8 Å². The zero-order chi connectivity index (χ0) is 34.6. The second kappa shape index (κ2) is 18.4. The third-order valence-corrected chi connectivity index (χ3v) is 9.29. The molecule has 48 heavy (non-hydrogen) atoms. The maximum atomic E-state index is 11.3. The number of aromatic nitrogens is 6. The van der Waals surface area contributed by atoms with E-state index in [2.05, 4.69) is 29.9 Å². The molecule has 12 nitrogen and oxygen atoms in total. The number of halogens is 3. The van der Waals surface area contributed by atoms with Crippen molar-refractivity contribution >= 4 is 46.6 Å². The second-order valence-corrected chi connectivity index (χ2v) is 13.0. The fraction of sp³-hybridized carbons (Fsp3) is 0.576. The van der Waals surface area contributed by atoms with Gasteiger partial charge in [-0.05, 0) is 120 Å². The molecule has 4 aliphatic rings. The Balaban J connectivity index is 0.000000144. The van der Waals surface area contributed by atoms with Crippen LogP contribution in [0, 0.1) is 5.92 Å². The van der Waals surface area contributed by atoms with E-state index >= 15 is 0 Å². The van der Waals surface area contributed by atoms with Crippen molar-refractivity contribution in [2.45, 2.75) is 110 Å². The molecule has 1 unspecified atom stereocenters. The standard InChI is InChI=1S/C9H14O3.C8H8Cl2N2.C8H9ClN2O.C8H10N2O2/c1-2-12-9(11)7-5-3-4-6-8(7)10;9-7-5-3-1-2-4-6(5)11-8(10)12-7;9-8-10-6-4-2-1-3-5(6)7(12)11-8;11-7-5-3-1-2-4-6(5)9-8(12)10-7/h7H,2-6H2,1H3;1-4H2;1-4H2,(H,10,11,12);1-4H2,(H2,9,10,11,12). The smallest absolute Gasteiger partial charge is 0.325 e. The zero-order valence-electron chi connectivity index (χ0n) is 27.0. The van der Waals surface area contributed by atoms with Crippen molar-refractivity contribution in [3.8, 4) is 0 Å². The molecule has 4 aliphatic carbocycles. The number of ether oxygens (including phenoxy) is 1. The number of carbonyl (C=O) groups is 2. The molecular weight excluding hydrogens is 683 g/mol. The number of hydrogen-bond donors (Lipinski definition) is 3. The quantitative estimate of drug-likeness (QED) is 0.138. The third-order valence-electron chi connectivity index (χ3n) is 8.63. The Morgan fingerprint density at radius 1 is 0.688 bits per heavy atom. The van der Waals surface area contributed by atoms with E-state index < -0.39 is 5.92 Å². The second-order valence-electron chi connectivity index (χ2n) is 12.0. The summed E-state index contributed by atoms with van der Waals surface area (Å²) in [6.07, 6.45) is 15.1. The molecule has 0 radical (unpaired) electrons. The van der Waals surface area contributed by atoms with Crippen LogP contribution in [-0.2, 0) is 52.9 Å². The van der Waals surface area contributed by atoms with Crippen molar-refractivity contribution < 1.29 is 14.3 Å². The summed E-state index contributed by atoms with van der Waals surface area (Å²) in [4.78, 5) is 75.3.